The van der Waals surface area contributed by atoms with Gasteiger partial charge in [-0.25, -0.2) is 0 Å². The number of ketones is 1. The van der Waals surface area contributed by atoms with Gasteiger partial charge in [-0.05, 0) is 24.3 Å². The molecule has 0 saturated carbocycles. The minimum atomic E-state index is -0.247. The van der Waals surface area contributed by atoms with Crippen LogP contribution < -0.4 is 0 Å². The van der Waals surface area contributed by atoms with E-state index in [1.807, 2.05) is 0 Å². The predicted molar refractivity (Wildman–Crippen MR) is 54.7 cm³/mol. The third-order valence-corrected chi connectivity index (χ3v) is 2.08. The molecule has 0 atom stereocenters. The molecule has 4 nitrogen and oxygen atoms in total. The summed E-state index contributed by atoms with van der Waals surface area (Å²) in [5.41, 5.74) is 0.760. The molecular formula is C10H7ClN2O2. The third kappa shape index (κ3) is 2.05. The Morgan fingerprint density at radius 1 is 1.33 bits per heavy atom. The Morgan fingerprint density at radius 2 is 2.00 bits per heavy atom. The van der Waals surface area contributed by atoms with Crippen LogP contribution in [-0.4, -0.2) is 15.9 Å². The maximum absolute atomic E-state index is 10.9. The van der Waals surface area contributed by atoms with Crippen LogP contribution in [0.1, 0.15) is 17.6 Å². The molecule has 0 amide bonds. The SMILES string of the molecule is CC(=O)c1nc(-c2ccc(Cl)cc2)no1. The molecule has 0 aliphatic heterocycles. The van der Waals surface area contributed by atoms with Crippen molar-refractivity contribution in [1.29, 1.82) is 0 Å². The highest BCUT2D eigenvalue weighted by Gasteiger charge is 2.11. The van der Waals surface area contributed by atoms with Gasteiger partial charge in [0.25, 0.3) is 5.89 Å². The van der Waals surface area contributed by atoms with Gasteiger partial charge >= 0.3 is 0 Å². The molecule has 1 aromatic carbocycles. The van der Waals surface area contributed by atoms with Crippen LogP contribution in [0.3, 0.4) is 0 Å². The highest BCUT2D eigenvalue weighted by molar-refractivity contribution is 6.30. The summed E-state index contributed by atoms with van der Waals surface area (Å²) in [6.45, 7) is 1.37. The first-order valence-corrected chi connectivity index (χ1v) is 4.65. The smallest absolute Gasteiger partial charge is 0.294 e. The molecule has 0 saturated heterocycles. The number of carbonyl (C=O) groups excluding carboxylic acids is 1. The second kappa shape index (κ2) is 3.82. The van der Waals surface area contributed by atoms with Crippen LogP contribution in [0.25, 0.3) is 11.4 Å². The van der Waals surface area contributed by atoms with Gasteiger partial charge in [0.15, 0.2) is 0 Å². The van der Waals surface area contributed by atoms with Gasteiger partial charge in [-0.2, -0.15) is 4.98 Å². The molecule has 2 rings (SSSR count). The summed E-state index contributed by atoms with van der Waals surface area (Å²) in [6.07, 6.45) is 0. The Bertz CT molecular complexity index is 490. The number of aromatic nitrogens is 2. The first kappa shape index (κ1) is 9.86. The topological polar surface area (TPSA) is 56.0 Å². The molecule has 76 valence electrons. The van der Waals surface area contributed by atoms with E-state index in [0.717, 1.165) is 5.56 Å². The fraction of sp³-hybridized carbons (Fsp3) is 0.100. The molecule has 0 fully saturated rings. The number of Topliss-reactive ketones (excluding diaryl/α,β-unsaturated/α-hetero) is 1. The van der Waals surface area contributed by atoms with Gasteiger partial charge in [-0.1, -0.05) is 16.8 Å². The summed E-state index contributed by atoms with van der Waals surface area (Å²) in [6, 6.07) is 6.97. The Labute approximate surface area is 90.9 Å². The van der Waals surface area contributed by atoms with Crippen LogP contribution in [0.15, 0.2) is 28.8 Å². The molecule has 0 unspecified atom stereocenters. The average molecular weight is 223 g/mol. The fourth-order valence-corrected chi connectivity index (χ4v) is 1.21. The van der Waals surface area contributed by atoms with Gasteiger partial charge in [0, 0.05) is 17.5 Å². The Kier molecular flexibility index (Phi) is 2.51. The number of hydrogen-bond acceptors (Lipinski definition) is 4. The summed E-state index contributed by atoms with van der Waals surface area (Å²) in [5.74, 6) is 0.152. The zero-order valence-corrected chi connectivity index (χ0v) is 8.65. The minimum Gasteiger partial charge on any atom is -0.330 e. The molecule has 0 N–H and O–H groups in total. The van der Waals surface area contributed by atoms with E-state index in [1.54, 1.807) is 24.3 Å². The lowest BCUT2D eigenvalue weighted by molar-refractivity contribution is 0.0972. The molecule has 0 radical (unpaired) electrons. The zero-order valence-electron chi connectivity index (χ0n) is 7.90. The Morgan fingerprint density at radius 3 is 2.53 bits per heavy atom. The zero-order chi connectivity index (χ0) is 10.8. The molecule has 0 spiro atoms. The van der Waals surface area contributed by atoms with E-state index in [-0.39, 0.29) is 11.7 Å². The van der Waals surface area contributed by atoms with Gasteiger partial charge in [0.05, 0.1) is 0 Å². The van der Waals surface area contributed by atoms with E-state index in [2.05, 4.69) is 10.1 Å². The van der Waals surface area contributed by atoms with Crippen LogP contribution in [0, 0.1) is 0 Å². The van der Waals surface area contributed by atoms with Crippen LogP contribution in [-0.2, 0) is 0 Å². The third-order valence-electron chi connectivity index (χ3n) is 1.83. The van der Waals surface area contributed by atoms with Crippen molar-refractivity contribution in [2.24, 2.45) is 0 Å². The van der Waals surface area contributed by atoms with Crippen molar-refractivity contribution in [3.05, 3.63) is 35.2 Å². The van der Waals surface area contributed by atoms with Crippen molar-refractivity contribution >= 4 is 17.4 Å². The maximum atomic E-state index is 10.9. The lowest BCUT2D eigenvalue weighted by Crippen LogP contribution is -1.91. The van der Waals surface area contributed by atoms with Gasteiger partial charge in [0.1, 0.15) is 0 Å². The average Bonchev–Trinajstić information content (AvgIpc) is 2.68. The van der Waals surface area contributed by atoms with Crippen LogP contribution in [0.5, 0.6) is 0 Å². The summed E-state index contributed by atoms with van der Waals surface area (Å²) < 4.78 is 4.77. The van der Waals surface area contributed by atoms with Crippen molar-refractivity contribution in [1.82, 2.24) is 10.1 Å². The standard InChI is InChI=1S/C10H7ClN2O2/c1-6(14)10-12-9(13-15-10)7-2-4-8(11)5-3-7/h2-5H,1H3. The van der Waals surface area contributed by atoms with Crippen LogP contribution >= 0.6 is 11.6 Å². The Balaban J connectivity index is 2.37. The number of carbonyl (C=O) groups is 1. The van der Waals surface area contributed by atoms with E-state index in [0.29, 0.717) is 10.8 Å². The van der Waals surface area contributed by atoms with Crippen LogP contribution in [0.2, 0.25) is 5.02 Å². The van der Waals surface area contributed by atoms with Crippen molar-refractivity contribution in [2.75, 3.05) is 0 Å². The second-order valence-corrected chi connectivity index (χ2v) is 3.42. The van der Waals surface area contributed by atoms with E-state index in [4.69, 9.17) is 16.1 Å². The van der Waals surface area contributed by atoms with E-state index < -0.39 is 0 Å². The fourth-order valence-electron chi connectivity index (χ4n) is 1.08. The van der Waals surface area contributed by atoms with Gasteiger partial charge in [-0.15, -0.1) is 0 Å². The highest BCUT2D eigenvalue weighted by Crippen LogP contribution is 2.18. The molecule has 0 aliphatic carbocycles. The molecule has 5 heteroatoms. The number of rotatable bonds is 2. The number of benzene rings is 1. The van der Waals surface area contributed by atoms with Gasteiger partial charge in [-0.3, -0.25) is 4.79 Å². The Hall–Kier alpha value is -1.68. The largest absolute Gasteiger partial charge is 0.330 e. The minimum absolute atomic E-state index is 0.0138. The molecule has 1 heterocycles. The van der Waals surface area contributed by atoms with Crippen LogP contribution in [0.4, 0.5) is 0 Å². The molecule has 15 heavy (non-hydrogen) atoms. The first-order chi connectivity index (χ1) is 7.16. The lowest BCUT2D eigenvalue weighted by Gasteiger charge is -1.92. The summed E-state index contributed by atoms with van der Waals surface area (Å²) in [7, 11) is 0. The normalized spacial score (nSPS) is 10.3. The number of nitrogens with zero attached hydrogens (tertiary/aromatic N) is 2. The summed E-state index contributed by atoms with van der Waals surface area (Å²) in [5, 5.41) is 4.32. The van der Waals surface area contributed by atoms with Crippen molar-refractivity contribution in [3.8, 4) is 11.4 Å². The van der Waals surface area contributed by atoms with E-state index in [1.165, 1.54) is 6.92 Å². The monoisotopic (exact) mass is 222 g/mol. The molecule has 2 aromatic rings. The quantitative estimate of drug-likeness (QED) is 0.733. The predicted octanol–water partition coefficient (Wildman–Crippen LogP) is 2.59. The van der Waals surface area contributed by atoms with Gasteiger partial charge in [0.2, 0.25) is 11.6 Å². The highest BCUT2D eigenvalue weighted by atomic mass is 35.5. The molecule has 0 aliphatic rings. The molecular weight excluding hydrogens is 216 g/mol. The van der Waals surface area contributed by atoms with Crippen molar-refractivity contribution < 1.29 is 9.32 Å². The first-order valence-electron chi connectivity index (χ1n) is 4.27. The maximum Gasteiger partial charge on any atom is 0.294 e. The lowest BCUT2D eigenvalue weighted by atomic mass is 10.2. The summed E-state index contributed by atoms with van der Waals surface area (Å²) >= 11 is 5.74. The van der Waals surface area contributed by atoms with Crippen molar-refractivity contribution in [2.45, 2.75) is 6.92 Å². The molecule has 1 aromatic heterocycles. The van der Waals surface area contributed by atoms with Gasteiger partial charge < -0.3 is 4.52 Å². The van der Waals surface area contributed by atoms with E-state index in [9.17, 15) is 4.79 Å². The molecule has 0 bridgehead atoms. The van der Waals surface area contributed by atoms with Crippen molar-refractivity contribution in [3.63, 3.8) is 0 Å². The number of halogens is 1. The second-order valence-electron chi connectivity index (χ2n) is 2.99. The number of hydrogen-bond donors (Lipinski definition) is 0. The summed E-state index contributed by atoms with van der Waals surface area (Å²) in [4.78, 5) is 14.9. The van der Waals surface area contributed by atoms with E-state index >= 15 is 0 Å².